The molecule has 0 radical (unpaired) electrons. The molecule has 0 saturated carbocycles. The monoisotopic (exact) mass is 368 g/mol. The van der Waals surface area contributed by atoms with E-state index in [-0.39, 0.29) is 12.5 Å². The average Bonchev–Trinajstić information content (AvgIpc) is 2.57. The maximum Gasteiger partial charge on any atom is 0.243 e. The van der Waals surface area contributed by atoms with Crippen LogP contribution in [0.15, 0.2) is 36.4 Å². The lowest BCUT2D eigenvalue weighted by atomic mass is 10.2. The van der Waals surface area contributed by atoms with Crippen molar-refractivity contribution < 1.29 is 14.3 Å². The van der Waals surface area contributed by atoms with Crippen LogP contribution in [-0.4, -0.2) is 33.7 Å². The molecule has 5 nitrogen and oxygen atoms in total. The molecule has 0 bridgehead atoms. The highest BCUT2D eigenvalue weighted by Gasteiger charge is 2.12. The quantitative estimate of drug-likeness (QED) is 0.834. The SMILES string of the molecule is COc1ccc(N(C)CC(=O)Nc2cc(Cl)ccc2Cl)cc1OC. The highest BCUT2D eigenvalue weighted by molar-refractivity contribution is 6.35. The molecule has 0 heterocycles. The number of hydrogen-bond acceptors (Lipinski definition) is 4. The lowest BCUT2D eigenvalue weighted by Gasteiger charge is -2.20. The molecular formula is C17H18Cl2N2O3. The minimum atomic E-state index is -0.212. The standard InChI is InChI=1S/C17H18Cl2N2O3/c1-21(12-5-7-15(23-2)16(9-12)24-3)10-17(22)20-14-8-11(18)4-6-13(14)19/h4-9H,10H2,1-3H3,(H,20,22). The van der Waals surface area contributed by atoms with Crippen molar-refractivity contribution >= 4 is 40.5 Å². The fourth-order valence-corrected chi connectivity index (χ4v) is 2.49. The molecule has 128 valence electrons. The van der Waals surface area contributed by atoms with Crippen LogP contribution in [0.4, 0.5) is 11.4 Å². The Hall–Kier alpha value is -2.11. The number of halogens is 2. The lowest BCUT2D eigenvalue weighted by molar-refractivity contribution is -0.114. The zero-order chi connectivity index (χ0) is 17.7. The summed E-state index contributed by atoms with van der Waals surface area (Å²) in [4.78, 5) is 14.0. The first-order chi connectivity index (χ1) is 11.4. The molecule has 24 heavy (non-hydrogen) atoms. The van der Waals surface area contributed by atoms with Crippen LogP contribution >= 0.6 is 23.2 Å². The zero-order valence-electron chi connectivity index (χ0n) is 13.6. The summed E-state index contributed by atoms with van der Waals surface area (Å²) < 4.78 is 10.5. The number of anilines is 2. The van der Waals surface area contributed by atoms with Crippen molar-refractivity contribution in [2.75, 3.05) is 38.0 Å². The molecule has 1 amide bonds. The number of carbonyl (C=O) groups excluding carboxylic acids is 1. The van der Waals surface area contributed by atoms with Crippen LogP contribution in [0.2, 0.25) is 10.0 Å². The van der Waals surface area contributed by atoms with Crippen molar-refractivity contribution in [1.82, 2.24) is 0 Å². The molecule has 0 aliphatic carbocycles. The van der Waals surface area contributed by atoms with Gasteiger partial charge in [0.1, 0.15) is 0 Å². The van der Waals surface area contributed by atoms with Gasteiger partial charge in [-0.05, 0) is 30.3 Å². The largest absolute Gasteiger partial charge is 0.493 e. The summed E-state index contributed by atoms with van der Waals surface area (Å²) in [5.41, 5.74) is 1.30. The van der Waals surface area contributed by atoms with Gasteiger partial charge < -0.3 is 19.7 Å². The third kappa shape index (κ3) is 4.46. The second kappa shape index (κ2) is 8.13. The number of amides is 1. The first-order valence-corrected chi connectivity index (χ1v) is 7.88. The number of likely N-dealkylation sites (N-methyl/N-ethyl adjacent to an activating group) is 1. The number of ether oxygens (including phenoxy) is 2. The van der Waals surface area contributed by atoms with Gasteiger partial charge in [0.2, 0.25) is 5.91 Å². The zero-order valence-corrected chi connectivity index (χ0v) is 15.1. The predicted octanol–water partition coefficient (Wildman–Crippen LogP) is 4.09. The molecule has 0 atom stereocenters. The van der Waals surface area contributed by atoms with E-state index in [4.69, 9.17) is 32.7 Å². The van der Waals surface area contributed by atoms with Gasteiger partial charge in [0.15, 0.2) is 11.5 Å². The molecule has 0 spiro atoms. The van der Waals surface area contributed by atoms with Gasteiger partial charge in [-0.25, -0.2) is 0 Å². The Morgan fingerprint density at radius 1 is 1.08 bits per heavy atom. The van der Waals surface area contributed by atoms with Gasteiger partial charge in [-0.2, -0.15) is 0 Å². The van der Waals surface area contributed by atoms with Crippen LogP contribution in [0, 0.1) is 0 Å². The Kier molecular flexibility index (Phi) is 6.17. The van der Waals surface area contributed by atoms with Crippen LogP contribution in [0.3, 0.4) is 0 Å². The Morgan fingerprint density at radius 3 is 2.46 bits per heavy atom. The molecule has 0 saturated heterocycles. The molecule has 2 rings (SSSR count). The van der Waals surface area contributed by atoms with Crippen molar-refractivity contribution in [2.24, 2.45) is 0 Å². The second-order valence-electron chi connectivity index (χ2n) is 5.07. The van der Waals surface area contributed by atoms with Gasteiger partial charge >= 0.3 is 0 Å². The third-order valence-corrected chi connectivity index (χ3v) is 3.96. The Balaban J connectivity index is 2.07. The van der Waals surface area contributed by atoms with Gasteiger partial charge in [0, 0.05) is 23.8 Å². The number of hydrogen-bond donors (Lipinski definition) is 1. The van der Waals surface area contributed by atoms with E-state index in [2.05, 4.69) is 5.32 Å². The summed E-state index contributed by atoms with van der Waals surface area (Å²) in [5.74, 6) is 1.02. The van der Waals surface area contributed by atoms with E-state index >= 15 is 0 Å². The molecule has 0 aromatic heterocycles. The fourth-order valence-electron chi connectivity index (χ4n) is 2.15. The molecule has 0 unspecified atom stereocenters. The number of nitrogens with zero attached hydrogens (tertiary/aromatic N) is 1. The van der Waals surface area contributed by atoms with E-state index in [0.717, 1.165) is 5.69 Å². The molecule has 2 aromatic carbocycles. The first kappa shape index (κ1) is 18.2. The molecule has 7 heteroatoms. The lowest BCUT2D eigenvalue weighted by Crippen LogP contribution is -2.30. The van der Waals surface area contributed by atoms with E-state index in [1.807, 2.05) is 6.07 Å². The summed E-state index contributed by atoms with van der Waals surface area (Å²) in [6.45, 7) is 0.137. The molecule has 0 aliphatic rings. The topological polar surface area (TPSA) is 50.8 Å². The maximum atomic E-state index is 12.2. The third-order valence-electron chi connectivity index (χ3n) is 3.39. The van der Waals surface area contributed by atoms with Crippen LogP contribution in [0.1, 0.15) is 0 Å². The number of methoxy groups -OCH3 is 2. The van der Waals surface area contributed by atoms with Crippen molar-refractivity contribution in [2.45, 2.75) is 0 Å². The van der Waals surface area contributed by atoms with Crippen molar-refractivity contribution in [3.8, 4) is 11.5 Å². The van der Waals surface area contributed by atoms with Crippen molar-refractivity contribution in [3.05, 3.63) is 46.4 Å². The second-order valence-corrected chi connectivity index (χ2v) is 5.91. The molecule has 2 aromatic rings. The van der Waals surface area contributed by atoms with E-state index in [1.54, 1.807) is 56.5 Å². The van der Waals surface area contributed by atoms with Crippen LogP contribution < -0.4 is 19.7 Å². The van der Waals surface area contributed by atoms with Crippen LogP contribution in [0.25, 0.3) is 0 Å². The number of carbonyl (C=O) groups is 1. The summed E-state index contributed by atoms with van der Waals surface area (Å²) in [7, 11) is 4.94. The number of rotatable bonds is 6. The number of benzene rings is 2. The van der Waals surface area contributed by atoms with Gasteiger partial charge in [-0.1, -0.05) is 23.2 Å². The predicted molar refractivity (Wildman–Crippen MR) is 97.9 cm³/mol. The van der Waals surface area contributed by atoms with Gasteiger partial charge in [0.25, 0.3) is 0 Å². The van der Waals surface area contributed by atoms with Gasteiger partial charge in [-0.3, -0.25) is 4.79 Å². The highest BCUT2D eigenvalue weighted by atomic mass is 35.5. The molecule has 1 N–H and O–H groups in total. The summed E-state index contributed by atoms with van der Waals surface area (Å²) in [6, 6.07) is 10.3. The molecule has 0 aliphatic heterocycles. The van der Waals surface area contributed by atoms with E-state index < -0.39 is 0 Å². The fraction of sp³-hybridized carbons (Fsp3) is 0.235. The van der Waals surface area contributed by atoms with Crippen molar-refractivity contribution in [3.63, 3.8) is 0 Å². The minimum absolute atomic E-state index is 0.137. The molecular weight excluding hydrogens is 351 g/mol. The van der Waals surface area contributed by atoms with E-state index in [9.17, 15) is 4.79 Å². The Morgan fingerprint density at radius 2 is 1.79 bits per heavy atom. The smallest absolute Gasteiger partial charge is 0.243 e. The number of nitrogens with one attached hydrogen (secondary N) is 1. The normalized spacial score (nSPS) is 10.2. The highest BCUT2D eigenvalue weighted by Crippen LogP contribution is 2.31. The van der Waals surface area contributed by atoms with Crippen LogP contribution in [0.5, 0.6) is 11.5 Å². The van der Waals surface area contributed by atoms with E-state index in [1.165, 1.54) is 0 Å². The summed E-state index contributed by atoms with van der Waals surface area (Å²) in [6.07, 6.45) is 0. The van der Waals surface area contributed by atoms with E-state index in [0.29, 0.717) is 27.2 Å². The van der Waals surface area contributed by atoms with Crippen molar-refractivity contribution in [1.29, 1.82) is 0 Å². The van der Waals surface area contributed by atoms with Gasteiger partial charge in [-0.15, -0.1) is 0 Å². The Bertz CT molecular complexity index is 738. The summed E-state index contributed by atoms with van der Waals surface area (Å²) in [5, 5.41) is 3.68. The Labute approximate surface area is 151 Å². The van der Waals surface area contributed by atoms with Crippen LogP contribution in [-0.2, 0) is 4.79 Å². The molecule has 0 fully saturated rings. The maximum absolute atomic E-state index is 12.2. The average molecular weight is 369 g/mol. The summed E-state index contributed by atoms with van der Waals surface area (Å²) >= 11 is 12.0. The van der Waals surface area contributed by atoms with Gasteiger partial charge in [0.05, 0.1) is 31.5 Å². The first-order valence-electron chi connectivity index (χ1n) is 7.12. The minimum Gasteiger partial charge on any atom is -0.493 e.